The Morgan fingerprint density at radius 3 is 2.42 bits per heavy atom. The lowest BCUT2D eigenvalue weighted by atomic mass is 10.1. The molecular weight excluding hydrogens is 302 g/mol. The first-order chi connectivity index (χ1) is 11.7. The van der Waals surface area contributed by atoms with Crippen LogP contribution in [0.1, 0.15) is 29.4 Å². The summed E-state index contributed by atoms with van der Waals surface area (Å²) in [6.45, 7) is 2.90. The van der Waals surface area contributed by atoms with Gasteiger partial charge < -0.3 is 5.32 Å². The zero-order valence-electron chi connectivity index (χ0n) is 13.5. The van der Waals surface area contributed by atoms with Crippen molar-refractivity contribution in [3.63, 3.8) is 0 Å². The number of carbonyl (C=O) groups is 1. The molecule has 0 unspecified atom stereocenters. The average Bonchev–Trinajstić information content (AvgIpc) is 2.63. The van der Waals surface area contributed by atoms with Gasteiger partial charge in [-0.1, -0.05) is 55.5 Å². The standard InChI is InChI=1S/C19H19N3O2/c1-2-12-20-18(23)17-15-10-6-7-11-16(15)19(24)22(21-17)13-14-8-4-3-5-9-14/h3-11H,2,12-13H2,1H3,(H,20,23). The normalized spacial score (nSPS) is 10.7. The van der Waals surface area contributed by atoms with E-state index in [2.05, 4.69) is 10.4 Å². The lowest BCUT2D eigenvalue weighted by Gasteiger charge is -2.11. The maximum absolute atomic E-state index is 12.7. The van der Waals surface area contributed by atoms with E-state index in [1.165, 1.54) is 4.68 Å². The summed E-state index contributed by atoms with van der Waals surface area (Å²) in [5, 5.41) is 8.26. The minimum absolute atomic E-state index is 0.193. The molecule has 0 aliphatic carbocycles. The van der Waals surface area contributed by atoms with Gasteiger partial charge >= 0.3 is 0 Å². The molecule has 3 rings (SSSR count). The number of benzene rings is 2. The molecule has 0 fully saturated rings. The summed E-state index contributed by atoms with van der Waals surface area (Å²) in [7, 11) is 0. The molecule has 0 saturated carbocycles. The van der Waals surface area contributed by atoms with Gasteiger partial charge in [0.05, 0.1) is 11.9 Å². The van der Waals surface area contributed by atoms with Crippen LogP contribution in [0.3, 0.4) is 0 Å². The number of nitrogens with zero attached hydrogens (tertiary/aromatic N) is 2. The van der Waals surface area contributed by atoms with Crippen LogP contribution in [-0.4, -0.2) is 22.2 Å². The van der Waals surface area contributed by atoms with Gasteiger partial charge in [0, 0.05) is 11.9 Å². The molecule has 2 aromatic carbocycles. The molecule has 122 valence electrons. The van der Waals surface area contributed by atoms with E-state index in [9.17, 15) is 9.59 Å². The zero-order valence-corrected chi connectivity index (χ0v) is 13.5. The number of rotatable bonds is 5. The van der Waals surface area contributed by atoms with Crippen LogP contribution < -0.4 is 10.9 Å². The SMILES string of the molecule is CCCNC(=O)c1nn(Cc2ccccc2)c(=O)c2ccccc12. The molecule has 0 atom stereocenters. The monoisotopic (exact) mass is 321 g/mol. The Morgan fingerprint density at radius 1 is 1.04 bits per heavy atom. The minimum atomic E-state index is -0.255. The Bertz CT molecular complexity index is 917. The fraction of sp³-hybridized carbons (Fsp3) is 0.211. The predicted molar refractivity (Wildman–Crippen MR) is 94.2 cm³/mol. The highest BCUT2D eigenvalue weighted by Crippen LogP contribution is 2.13. The second-order valence-corrected chi connectivity index (χ2v) is 5.60. The van der Waals surface area contributed by atoms with Crippen LogP contribution in [0.25, 0.3) is 10.8 Å². The van der Waals surface area contributed by atoms with Gasteiger partial charge in [0.25, 0.3) is 11.5 Å². The summed E-state index contributed by atoms with van der Waals surface area (Å²) >= 11 is 0. The third-order valence-electron chi connectivity index (χ3n) is 3.79. The molecule has 24 heavy (non-hydrogen) atoms. The molecule has 1 amide bonds. The lowest BCUT2D eigenvalue weighted by molar-refractivity contribution is 0.0948. The van der Waals surface area contributed by atoms with Crippen LogP contribution in [0.5, 0.6) is 0 Å². The van der Waals surface area contributed by atoms with E-state index in [1.807, 2.05) is 43.3 Å². The molecule has 1 N–H and O–H groups in total. The molecule has 0 saturated heterocycles. The van der Waals surface area contributed by atoms with E-state index in [4.69, 9.17) is 0 Å². The van der Waals surface area contributed by atoms with Crippen LogP contribution in [0.4, 0.5) is 0 Å². The fourth-order valence-electron chi connectivity index (χ4n) is 2.59. The van der Waals surface area contributed by atoms with Crippen molar-refractivity contribution in [1.82, 2.24) is 15.1 Å². The van der Waals surface area contributed by atoms with Crippen molar-refractivity contribution in [2.75, 3.05) is 6.54 Å². The van der Waals surface area contributed by atoms with Gasteiger partial charge in [0.15, 0.2) is 5.69 Å². The molecule has 1 aromatic heterocycles. The van der Waals surface area contributed by atoms with Crippen molar-refractivity contribution in [3.05, 3.63) is 76.2 Å². The van der Waals surface area contributed by atoms with Gasteiger partial charge in [-0.05, 0) is 18.1 Å². The molecule has 0 spiro atoms. The Hall–Kier alpha value is -2.95. The number of nitrogens with one attached hydrogen (secondary N) is 1. The second-order valence-electron chi connectivity index (χ2n) is 5.60. The fourth-order valence-corrected chi connectivity index (χ4v) is 2.59. The van der Waals surface area contributed by atoms with Crippen molar-refractivity contribution in [1.29, 1.82) is 0 Å². The number of fused-ring (bicyclic) bond motifs is 1. The van der Waals surface area contributed by atoms with Gasteiger partial charge in [-0.15, -0.1) is 0 Å². The first-order valence-electron chi connectivity index (χ1n) is 8.02. The Kier molecular flexibility index (Phi) is 4.70. The molecule has 0 radical (unpaired) electrons. The average molecular weight is 321 g/mol. The van der Waals surface area contributed by atoms with Crippen molar-refractivity contribution in [3.8, 4) is 0 Å². The largest absolute Gasteiger partial charge is 0.351 e. The third-order valence-corrected chi connectivity index (χ3v) is 3.79. The van der Waals surface area contributed by atoms with Crippen LogP contribution >= 0.6 is 0 Å². The highest BCUT2D eigenvalue weighted by atomic mass is 16.2. The van der Waals surface area contributed by atoms with Crippen LogP contribution in [0.15, 0.2) is 59.4 Å². The van der Waals surface area contributed by atoms with Crippen LogP contribution in [0.2, 0.25) is 0 Å². The number of amides is 1. The molecule has 0 aliphatic rings. The first-order valence-corrected chi connectivity index (χ1v) is 8.02. The van der Waals surface area contributed by atoms with E-state index in [-0.39, 0.29) is 17.2 Å². The molecule has 0 bridgehead atoms. The quantitative estimate of drug-likeness (QED) is 0.785. The number of hydrogen-bond donors (Lipinski definition) is 1. The summed E-state index contributed by atoms with van der Waals surface area (Å²) in [4.78, 5) is 25.1. The number of carbonyl (C=O) groups excluding carboxylic acids is 1. The number of aromatic nitrogens is 2. The summed E-state index contributed by atoms with van der Waals surface area (Å²) < 4.78 is 1.36. The maximum atomic E-state index is 12.7. The molecule has 0 aliphatic heterocycles. The molecule has 5 nitrogen and oxygen atoms in total. The Morgan fingerprint density at radius 2 is 1.71 bits per heavy atom. The molecule has 1 heterocycles. The Balaban J connectivity index is 2.11. The topological polar surface area (TPSA) is 64.0 Å². The summed E-state index contributed by atoms with van der Waals surface area (Å²) in [5.74, 6) is -0.255. The van der Waals surface area contributed by atoms with Crippen molar-refractivity contribution in [2.45, 2.75) is 19.9 Å². The molecule has 3 aromatic rings. The third kappa shape index (κ3) is 3.20. The summed E-state index contributed by atoms with van der Waals surface area (Å²) in [6.07, 6.45) is 0.841. The van der Waals surface area contributed by atoms with Crippen molar-refractivity contribution < 1.29 is 4.79 Å². The number of hydrogen-bond acceptors (Lipinski definition) is 3. The van der Waals surface area contributed by atoms with Gasteiger partial charge in [-0.25, -0.2) is 4.68 Å². The minimum Gasteiger partial charge on any atom is -0.351 e. The van der Waals surface area contributed by atoms with Crippen molar-refractivity contribution >= 4 is 16.7 Å². The maximum Gasteiger partial charge on any atom is 0.274 e. The van der Waals surface area contributed by atoms with E-state index in [1.54, 1.807) is 18.2 Å². The van der Waals surface area contributed by atoms with E-state index >= 15 is 0 Å². The summed E-state index contributed by atoms with van der Waals surface area (Å²) in [5.41, 5.74) is 1.05. The van der Waals surface area contributed by atoms with E-state index in [0.717, 1.165) is 12.0 Å². The van der Waals surface area contributed by atoms with Gasteiger partial charge in [0.2, 0.25) is 0 Å². The smallest absolute Gasteiger partial charge is 0.274 e. The van der Waals surface area contributed by atoms with Gasteiger partial charge in [0.1, 0.15) is 0 Å². The highest BCUT2D eigenvalue weighted by Gasteiger charge is 2.16. The Labute approximate surface area is 139 Å². The molecular formula is C19H19N3O2. The second kappa shape index (κ2) is 7.08. The predicted octanol–water partition coefficient (Wildman–Crippen LogP) is 2.58. The van der Waals surface area contributed by atoms with E-state index in [0.29, 0.717) is 23.9 Å². The van der Waals surface area contributed by atoms with Gasteiger partial charge in [-0.2, -0.15) is 5.10 Å². The van der Waals surface area contributed by atoms with Crippen LogP contribution in [0, 0.1) is 0 Å². The van der Waals surface area contributed by atoms with Crippen molar-refractivity contribution in [2.24, 2.45) is 0 Å². The lowest BCUT2D eigenvalue weighted by Crippen LogP contribution is -2.31. The molecule has 5 heteroatoms. The highest BCUT2D eigenvalue weighted by molar-refractivity contribution is 6.04. The zero-order chi connectivity index (χ0) is 16.9. The summed E-state index contributed by atoms with van der Waals surface area (Å²) in [6, 6.07) is 16.7. The van der Waals surface area contributed by atoms with Crippen LogP contribution in [-0.2, 0) is 6.54 Å². The first kappa shape index (κ1) is 15.9. The van der Waals surface area contributed by atoms with Gasteiger partial charge in [-0.3, -0.25) is 9.59 Å². The van der Waals surface area contributed by atoms with E-state index < -0.39 is 0 Å².